The Balaban J connectivity index is 2.73. The maximum atomic E-state index is 13.0. The van der Waals surface area contributed by atoms with Gasteiger partial charge in [0.05, 0.1) is 0 Å². The maximum Gasteiger partial charge on any atom is 0.125 e. The Bertz CT molecular complexity index is 325. The first-order valence-electron chi connectivity index (χ1n) is 5.02. The standard InChI is InChI=1S/C12H18FNO/c1-12(2,9-15)8-14(3)11-6-4-5-10(13)7-11/h4-7,15H,8-9H2,1-3H3. The van der Waals surface area contributed by atoms with Gasteiger partial charge in [0, 0.05) is 31.3 Å². The van der Waals surface area contributed by atoms with Crippen molar-refractivity contribution < 1.29 is 9.50 Å². The highest BCUT2D eigenvalue weighted by Gasteiger charge is 2.19. The number of aliphatic hydroxyl groups is 1. The first kappa shape index (κ1) is 12.0. The Kier molecular flexibility index (Phi) is 3.69. The average Bonchev–Trinajstić information content (AvgIpc) is 2.17. The van der Waals surface area contributed by atoms with Gasteiger partial charge in [-0.2, -0.15) is 0 Å². The Labute approximate surface area is 90.3 Å². The summed E-state index contributed by atoms with van der Waals surface area (Å²) in [7, 11) is 1.90. The molecule has 2 nitrogen and oxygen atoms in total. The van der Waals surface area contributed by atoms with Crippen molar-refractivity contribution in [3.8, 4) is 0 Å². The van der Waals surface area contributed by atoms with Crippen molar-refractivity contribution in [2.75, 3.05) is 25.1 Å². The van der Waals surface area contributed by atoms with E-state index in [1.165, 1.54) is 12.1 Å². The van der Waals surface area contributed by atoms with Crippen molar-refractivity contribution in [3.63, 3.8) is 0 Å². The molecular weight excluding hydrogens is 193 g/mol. The molecule has 0 saturated heterocycles. The molecule has 0 heterocycles. The summed E-state index contributed by atoms with van der Waals surface area (Å²) in [6.45, 7) is 4.76. The first-order chi connectivity index (χ1) is 6.94. The monoisotopic (exact) mass is 211 g/mol. The second-order valence-electron chi connectivity index (χ2n) is 4.66. The van der Waals surface area contributed by atoms with Crippen LogP contribution in [0.25, 0.3) is 0 Å². The quantitative estimate of drug-likeness (QED) is 0.826. The summed E-state index contributed by atoms with van der Waals surface area (Å²) >= 11 is 0. The third kappa shape index (κ3) is 3.51. The lowest BCUT2D eigenvalue weighted by Gasteiger charge is -2.29. The van der Waals surface area contributed by atoms with Gasteiger partial charge in [-0.3, -0.25) is 0 Å². The lowest BCUT2D eigenvalue weighted by atomic mass is 9.94. The number of rotatable bonds is 4. The van der Waals surface area contributed by atoms with Gasteiger partial charge in [0.1, 0.15) is 5.82 Å². The van der Waals surface area contributed by atoms with E-state index < -0.39 is 0 Å². The molecular formula is C12H18FNO. The van der Waals surface area contributed by atoms with Gasteiger partial charge in [-0.05, 0) is 18.2 Å². The highest BCUT2D eigenvalue weighted by molar-refractivity contribution is 5.45. The van der Waals surface area contributed by atoms with Gasteiger partial charge < -0.3 is 10.0 Å². The van der Waals surface area contributed by atoms with Gasteiger partial charge in [0.25, 0.3) is 0 Å². The largest absolute Gasteiger partial charge is 0.396 e. The van der Waals surface area contributed by atoms with E-state index in [2.05, 4.69) is 0 Å². The van der Waals surface area contributed by atoms with E-state index in [1.807, 2.05) is 31.9 Å². The van der Waals surface area contributed by atoms with Crippen LogP contribution in [-0.4, -0.2) is 25.3 Å². The minimum absolute atomic E-state index is 0.118. The van der Waals surface area contributed by atoms with Gasteiger partial charge in [0.2, 0.25) is 0 Å². The molecule has 0 unspecified atom stereocenters. The van der Waals surface area contributed by atoms with Crippen molar-refractivity contribution in [1.82, 2.24) is 0 Å². The topological polar surface area (TPSA) is 23.5 Å². The lowest BCUT2D eigenvalue weighted by Crippen LogP contribution is -2.33. The van der Waals surface area contributed by atoms with Gasteiger partial charge in [-0.1, -0.05) is 19.9 Å². The highest BCUT2D eigenvalue weighted by atomic mass is 19.1. The van der Waals surface area contributed by atoms with Crippen molar-refractivity contribution in [2.45, 2.75) is 13.8 Å². The number of benzene rings is 1. The van der Waals surface area contributed by atoms with Crippen LogP contribution in [0.2, 0.25) is 0 Å². The van der Waals surface area contributed by atoms with Crippen molar-refractivity contribution in [2.24, 2.45) is 5.41 Å². The fraction of sp³-hybridized carbons (Fsp3) is 0.500. The molecule has 0 amide bonds. The molecule has 0 spiro atoms. The molecule has 0 saturated carbocycles. The molecule has 0 radical (unpaired) electrons. The minimum Gasteiger partial charge on any atom is -0.396 e. The van der Waals surface area contributed by atoms with Crippen LogP contribution < -0.4 is 4.90 Å². The Morgan fingerprint density at radius 2 is 2.07 bits per heavy atom. The molecule has 0 aromatic heterocycles. The summed E-state index contributed by atoms with van der Waals surface area (Å²) in [5.41, 5.74) is 0.651. The van der Waals surface area contributed by atoms with Gasteiger partial charge in [-0.15, -0.1) is 0 Å². The highest BCUT2D eigenvalue weighted by Crippen LogP contribution is 2.20. The van der Waals surface area contributed by atoms with E-state index in [0.717, 1.165) is 5.69 Å². The molecule has 0 fully saturated rings. The third-order valence-electron chi connectivity index (χ3n) is 2.34. The number of halogens is 1. The van der Waals surface area contributed by atoms with E-state index in [9.17, 15) is 4.39 Å². The summed E-state index contributed by atoms with van der Waals surface area (Å²) in [6, 6.07) is 6.46. The van der Waals surface area contributed by atoms with E-state index in [0.29, 0.717) is 6.54 Å². The van der Waals surface area contributed by atoms with Crippen LogP contribution in [0.4, 0.5) is 10.1 Å². The van der Waals surface area contributed by atoms with Crippen molar-refractivity contribution in [3.05, 3.63) is 30.1 Å². The van der Waals surface area contributed by atoms with Crippen LogP contribution in [-0.2, 0) is 0 Å². The summed E-state index contributed by atoms with van der Waals surface area (Å²) in [4.78, 5) is 1.94. The molecule has 0 atom stereocenters. The van der Waals surface area contributed by atoms with Crippen LogP contribution >= 0.6 is 0 Å². The van der Waals surface area contributed by atoms with E-state index in [1.54, 1.807) is 6.07 Å². The van der Waals surface area contributed by atoms with E-state index >= 15 is 0 Å². The molecule has 15 heavy (non-hydrogen) atoms. The molecule has 0 aliphatic carbocycles. The Hall–Kier alpha value is -1.09. The van der Waals surface area contributed by atoms with E-state index in [-0.39, 0.29) is 17.8 Å². The normalized spacial score (nSPS) is 11.5. The summed E-state index contributed by atoms with van der Waals surface area (Å²) in [6.07, 6.45) is 0. The van der Waals surface area contributed by atoms with Gasteiger partial charge in [-0.25, -0.2) is 4.39 Å². The molecule has 84 valence electrons. The number of aliphatic hydroxyl groups excluding tert-OH is 1. The smallest absolute Gasteiger partial charge is 0.125 e. The zero-order chi connectivity index (χ0) is 11.5. The van der Waals surface area contributed by atoms with Gasteiger partial charge >= 0.3 is 0 Å². The molecule has 1 N–H and O–H groups in total. The van der Waals surface area contributed by atoms with Gasteiger partial charge in [0.15, 0.2) is 0 Å². The van der Waals surface area contributed by atoms with E-state index in [4.69, 9.17) is 5.11 Å². The number of anilines is 1. The summed E-state index contributed by atoms with van der Waals surface area (Å²) in [5, 5.41) is 9.14. The zero-order valence-corrected chi connectivity index (χ0v) is 9.50. The maximum absolute atomic E-state index is 13.0. The van der Waals surface area contributed by atoms with Crippen molar-refractivity contribution >= 4 is 5.69 Å². The average molecular weight is 211 g/mol. The lowest BCUT2D eigenvalue weighted by molar-refractivity contribution is 0.165. The molecule has 1 aromatic rings. The molecule has 0 aliphatic rings. The Morgan fingerprint density at radius 1 is 1.40 bits per heavy atom. The van der Waals surface area contributed by atoms with Crippen LogP contribution in [0.15, 0.2) is 24.3 Å². The first-order valence-corrected chi connectivity index (χ1v) is 5.02. The fourth-order valence-electron chi connectivity index (χ4n) is 1.50. The van der Waals surface area contributed by atoms with Crippen LogP contribution in [0.5, 0.6) is 0 Å². The van der Waals surface area contributed by atoms with Crippen molar-refractivity contribution in [1.29, 1.82) is 0 Å². The summed E-state index contributed by atoms with van der Waals surface area (Å²) < 4.78 is 13.0. The number of hydrogen-bond acceptors (Lipinski definition) is 2. The molecule has 1 aromatic carbocycles. The second kappa shape index (κ2) is 4.62. The number of nitrogens with zero attached hydrogens (tertiary/aromatic N) is 1. The summed E-state index contributed by atoms with van der Waals surface area (Å²) in [5.74, 6) is -0.235. The predicted molar refractivity (Wildman–Crippen MR) is 60.5 cm³/mol. The van der Waals surface area contributed by atoms with Crippen LogP contribution in [0.3, 0.4) is 0 Å². The SMILES string of the molecule is CN(CC(C)(C)CO)c1cccc(F)c1. The third-order valence-corrected chi connectivity index (χ3v) is 2.34. The molecule has 0 aliphatic heterocycles. The minimum atomic E-state index is -0.235. The second-order valence-corrected chi connectivity index (χ2v) is 4.66. The van der Waals surface area contributed by atoms with Crippen LogP contribution in [0, 0.1) is 11.2 Å². The van der Waals surface area contributed by atoms with Crippen LogP contribution in [0.1, 0.15) is 13.8 Å². The molecule has 1 rings (SSSR count). The molecule has 3 heteroatoms. The fourth-order valence-corrected chi connectivity index (χ4v) is 1.50. The Morgan fingerprint density at radius 3 is 2.60 bits per heavy atom. The zero-order valence-electron chi connectivity index (χ0n) is 9.50. The number of hydrogen-bond donors (Lipinski definition) is 1. The predicted octanol–water partition coefficient (Wildman–Crippen LogP) is 2.28. The molecule has 0 bridgehead atoms.